The van der Waals surface area contributed by atoms with E-state index in [1.807, 2.05) is 6.92 Å². The molecule has 0 spiro atoms. The summed E-state index contributed by atoms with van der Waals surface area (Å²) < 4.78 is 5.60. The Morgan fingerprint density at radius 1 is 1.14 bits per heavy atom. The predicted molar refractivity (Wildman–Crippen MR) is 110 cm³/mol. The molecule has 3 fully saturated rings. The fraction of sp³-hybridized carbons (Fsp3) is 0.875. The Kier molecular flexibility index (Phi) is 5.34. The van der Waals surface area contributed by atoms with E-state index < -0.39 is 28.0 Å². The summed E-state index contributed by atoms with van der Waals surface area (Å²) in [5.74, 6) is -0.500. The first-order valence-corrected chi connectivity index (χ1v) is 11.2. The summed E-state index contributed by atoms with van der Waals surface area (Å²) in [5.41, 5.74) is -3.86. The average Bonchev–Trinajstić information content (AvgIpc) is 2.91. The van der Waals surface area contributed by atoms with Gasteiger partial charge in [-0.15, -0.1) is 0 Å². The van der Waals surface area contributed by atoms with Crippen LogP contribution >= 0.6 is 0 Å². The second kappa shape index (κ2) is 6.90. The average molecular weight is 407 g/mol. The number of carbonyl (C=O) groups excluding carboxylic acids is 3. The summed E-state index contributed by atoms with van der Waals surface area (Å²) in [7, 11) is 0. The van der Waals surface area contributed by atoms with E-state index in [1.54, 1.807) is 20.8 Å². The lowest BCUT2D eigenvalue weighted by atomic mass is 9.62. The highest BCUT2D eigenvalue weighted by Crippen LogP contribution is 2.70. The van der Waals surface area contributed by atoms with Crippen LogP contribution in [0.15, 0.2) is 0 Å². The number of aliphatic hydroxyl groups is 1. The molecule has 3 rings (SSSR count). The van der Waals surface area contributed by atoms with Crippen LogP contribution in [0.3, 0.4) is 0 Å². The van der Waals surface area contributed by atoms with Crippen molar-refractivity contribution in [3.63, 3.8) is 0 Å². The summed E-state index contributed by atoms with van der Waals surface area (Å²) >= 11 is 0. The molecular formula is C24H38O5. The Balaban J connectivity index is 1.81. The maximum Gasteiger partial charge on any atom is 0.320 e. The molecule has 0 saturated heterocycles. The van der Waals surface area contributed by atoms with Crippen molar-refractivity contribution < 1.29 is 24.2 Å². The Bertz CT molecular complexity index is 717. The Morgan fingerprint density at radius 3 is 2.28 bits per heavy atom. The van der Waals surface area contributed by atoms with Gasteiger partial charge in [0.2, 0.25) is 0 Å². The summed E-state index contributed by atoms with van der Waals surface area (Å²) in [6.45, 7) is 11.7. The zero-order chi connectivity index (χ0) is 21.9. The van der Waals surface area contributed by atoms with Gasteiger partial charge < -0.3 is 9.84 Å². The number of hydrogen-bond donors (Lipinski definition) is 1. The first-order chi connectivity index (χ1) is 13.2. The van der Waals surface area contributed by atoms with Crippen molar-refractivity contribution in [2.45, 2.75) is 111 Å². The van der Waals surface area contributed by atoms with Crippen LogP contribution in [0.4, 0.5) is 0 Å². The Labute approximate surface area is 175 Å². The molecule has 3 aliphatic carbocycles. The van der Waals surface area contributed by atoms with Crippen LogP contribution in [-0.2, 0) is 19.1 Å². The van der Waals surface area contributed by atoms with Gasteiger partial charge >= 0.3 is 5.97 Å². The van der Waals surface area contributed by atoms with Crippen molar-refractivity contribution >= 4 is 17.5 Å². The van der Waals surface area contributed by atoms with E-state index in [-0.39, 0.29) is 29.8 Å². The Morgan fingerprint density at radius 2 is 1.79 bits per heavy atom. The fourth-order valence-corrected chi connectivity index (χ4v) is 6.28. The van der Waals surface area contributed by atoms with Crippen molar-refractivity contribution in [3.05, 3.63) is 0 Å². The van der Waals surface area contributed by atoms with Crippen LogP contribution in [0.5, 0.6) is 0 Å². The molecule has 0 unspecified atom stereocenters. The third kappa shape index (κ3) is 3.28. The van der Waals surface area contributed by atoms with Gasteiger partial charge in [-0.1, -0.05) is 27.2 Å². The molecule has 3 saturated carbocycles. The summed E-state index contributed by atoms with van der Waals surface area (Å²) in [6, 6.07) is 0. The minimum Gasteiger partial charge on any atom is -0.459 e. The molecule has 164 valence electrons. The van der Waals surface area contributed by atoms with E-state index in [9.17, 15) is 19.5 Å². The molecule has 0 aromatic heterocycles. The van der Waals surface area contributed by atoms with E-state index >= 15 is 0 Å². The number of Topliss-reactive ketones (excluding diaryl/α,β-unsaturated/α-hetero) is 2. The van der Waals surface area contributed by atoms with Gasteiger partial charge in [-0.2, -0.15) is 0 Å². The highest BCUT2D eigenvalue weighted by molar-refractivity contribution is 6.05. The number of rotatable bonds is 5. The van der Waals surface area contributed by atoms with Crippen LogP contribution in [0.25, 0.3) is 0 Å². The van der Waals surface area contributed by atoms with E-state index in [4.69, 9.17) is 4.74 Å². The van der Waals surface area contributed by atoms with Crippen LogP contribution < -0.4 is 0 Å². The molecule has 29 heavy (non-hydrogen) atoms. The number of ether oxygens (including phenoxy) is 1. The molecule has 0 aromatic rings. The summed E-state index contributed by atoms with van der Waals surface area (Å²) in [5, 5.41) is 11.5. The van der Waals surface area contributed by atoms with Gasteiger partial charge in [-0.25, -0.2) is 0 Å². The first kappa shape index (κ1) is 22.5. The van der Waals surface area contributed by atoms with Gasteiger partial charge in [0.05, 0.1) is 0 Å². The van der Waals surface area contributed by atoms with Crippen LogP contribution in [-0.4, -0.2) is 33.8 Å². The number of hydrogen-bond acceptors (Lipinski definition) is 5. The zero-order valence-electron chi connectivity index (χ0n) is 19.0. The van der Waals surface area contributed by atoms with Gasteiger partial charge in [0, 0.05) is 18.3 Å². The summed E-state index contributed by atoms with van der Waals surface area (Å²) in [6.07, 6.45) is 4.88. The molecule has 0 radical (unpaired) electrons. The number of esters is 1. The lowest BCUT2D eigenvalue weighted by Crippen LogP contribution is -2.53. The molecule has 0 aromatic carbocycles. The molecule has 2 bridgehead atoms. The standard InChI is InChI=1S/C24H38O5/c1-20(2,3)29-19(27)23(12-8-7-9-17(23)25)14-11-18(26)24(28)15-16-10-13-22(24,6)21(16,4)5/h16,28H,7-15H2,1-6H3/t16-,22-,23-,24+/m1/s1. The highest BCUT2D eigenvalue weighted by Gasteiger charge is 2.70. The molecule has 0 aliphatic heterocycles. The highest BCUT2D eigenvalue weighted by atomic mass is 16.6. The summed E-state index contributed by atoms with van der Waals surface area (Å²) in [4.78, 5) is 39.2. The van der Waals surface area contributed by atoms with E-state index in [0.29, 0.717) is 25.2 Å². The van der Waals surface area contributed by atoms with Gasteiger partial charge in [0.15, 0.2) is 5.78 Å². The molecule has 5 heteroatoms. The molecule has 4 atom stereocenters. The van der Waals surface area contributed by atoms with E-state index in [1.165, 1.54) is 0 Å². The second-order valence-electron chi connectivity index (χ2n) is 11.5. The third-order valence-corrected chi connectivity index (χ3v) is 8.71. The van der Waals surface area contributed by atoms with Crippen LogP contribution in [0.1, 0.15) is 99.3 Å². The first-order valence-electron chi connectivity index (χ1n) is 11.2. The van der Waals surface area contributed by atoms with Gasteiger partial charge in [0.1, 0.15) is 22.4 Å². The minimum atomic E-state index is -1.37. The Hall–Kier alpha value is -1.23. The molecular weight excluding hydrogens is 368 g/mol. The third-order valence-electron chi connectivity index (χ3n) is 8.71. The molecule has 3 aliphatic rings. The van der Waals surface area contributed by atoms with Gasteiger partial charge in [0.25, 0.3) is 0 Å². The SMILES string of the molecule is CC(C)(C)OC(=O)[C@@]1(CCC(=O)[C@@]2(O)C[C@H]3CC[C@]2(C)C3(C)C)CCCCC1=O. The van der Waals surface area contributed by atoms with Crippen LogP contribution in [0, 0.1) is 22.2 Å². The normalized spacial score (nSPS) is 38.9. The van der Waals surface area contributed by atoms with Crippen molar-refractivity contribution in [1.82, 2.24) is 0 Å². The molecule has 0 heterocycles. The van der Waals surface area contributed by atoms with Crippen molar-refractivity contribution in [3.8, 4) is 0 Å². The number of ketones is 2. The zero-order valence-corrected chi connectivity index (χ0v) is 19.0. The van der Waals surface area contributed by atoms with Crippen molar-refractivity contribution in [1.29, 1.82) is 0 Å². The minimum absolute atomic E-state index is 0.0415. The lowest BCUT2D eigenvalue weighted by Gasteiger charge is -2.44. The van der Waals surface area contributed by atoms with Gasteiger partial charge in [-0.3, -0.25) is 14.4 Å². The maximum atomic E-state index is 13.3. The predicted octanol–water partition coefficient (Wildman–Crippen LogP) is 4.38. The van der Waals surface area contributed by atoms with E-state index in [2.05, 4.69) is 13.8 Å². The quantitative estimate of drug-likeness (QED) is 0.541. The molecule has 1 N–H and O–H groups in total. The van der Waals surface area contributed by atoms with Crippen molar-refractivity contribution in [2.75, 3.05) is 0 Å². The van der Waals surface area contributed by atoms with Crippen molar-refractivity contribution in [2.24, 2.45) is 22.2 Å². The maximum absolute atomic E-state index is 13.3. The van der Waals surface area contributed by atoms with Crippen LogP contribution in [0.2, 0.25) is 0 Å². The fourth-order valence-electron chi connectivity index (χ4n) is 6.28. The van der Waals surface area contributed by atoms with Gasteiger partial charge in [-0.05, 0) is 70.6 Å². The number of carbonyl (C=O) groups is 3. The second-order valence-corrected chi connectivity index (χ2v) is 11.5. The monoisotopic (exact) mass is 406 g/mol. The smallest absolute Gasteiger partial charge is 0.320 e. The lowest BCUT2D eigenvalue weighted by molar-refractivity contribution is -0.173. The molecule has 5 nitrogen and oxygen atoms in total. The van der Waals surface area contributed by atoms with E-state index in [0.717, 1.165) is 25.7 Å². The number of fused-ring (bicyclic) bond motifs is 2. The molecule has 0 amide bonds. The largest absolute Gasteiger partial charge is 0.459 e. The topological polar surface area (TPSA) is 80.7 Å².